The van der Waals surface area contributed by atoms with Gasteiger partial charge in [0.25, 0.3) is 0 Å². The number of nitrogens with two attached hydrogens (primary N) is 1. The Morgan fingerprint density at radius 1 is 1.22 bits per heavy atom. The van der Waals surface area contributed by atoms with Crippen LogP contribution in [0.1, 0.15) is 16.8 Å². The highest BCUT2D eigenvalue weighted by molar-refractivity contribution is 6.32. The van der Waals surface area contributed by atoms with Gasteiger partial charge in [-0.15, -0.1) is 0 Å². The topological polar surface area (TPSA) is 48.1 Å². The minimum Gasteiger partial charge on any atom is -0.437 e. The Hall–Kier alpha value is -1.58. The summed E-state index contributed by atoms with van der Waals surface area (Å²) < 4.78 is 5.71. The van der Waals surface area contributed by atoms with Crippen molar-refractivity contribution in [3.8, 4) is 11.6 Å². The van der Waals surface area contributed by atoms with E-state index >= 15 is 0 Å². The van der Waals surface area contributed by atoms with Gasteiger partial charge >= 0.3 is 0 Å². The van der Waals surface area contributed by atoms with Crippen molar-refractivity contribution in [1.82, 2.24) is 4.98 Å². The lowest BCUT2D eigenvalue weighted by atomic mass is 10.2. The largest absolute Gasteiger partial charge is 0.437 e. The molecule has 0 fully saturated rings. The molecule has 4 heteroatoms. The zero-order valence-electron chi connectivity index (χ0n) is 10.4. The average Bonchev–Trinajstić information content (AvgIpc) is 2.33. The molecule has 0 aliphatic heterocycles. The number of rotatable bonds is 3. The second-order valence-corrected chi connectivity index (χ2v) is 4.60. The Bertz CT molecular complexity index is 570. The number of benzene rings is 1. The smallest absolute Gasteiger partial charge is 0.219 e. The van der Waals surface area contributed by atoms with Crippen LogP contribution in [0.4, 0.5) is 0 Å². The SMILES string of the molecule is Cc1ccc(Cl)c(Oc2cc(CN)cc(C)n2)c1. The molecule has 0 spiro atoms. The van der Waals surface area contributed by atoms with Crippen LogP contribution >= 0.6 is 11.6 Å². The zero-order chi connectivity index (χ0) is 13.1. The number of nitrogens with zero attached hydrogens (tertiary/aromatic N) is 1. The summed E-state index contributed by atoms with van der Waals surface area (Å²) in [7, 11) is 0. The molecule has 0 saturated carbocycles. The molecule has 94 valence electrons. The van der Waals surface area contributed by atoms with E-state index in [1.54, 1.807) is 0 Å². The van der Waals surface area contributed by atoms with Gasteiger partial charge in [0.05, 0.1) is 5.02 Å². The predicted molar refractivity (Wildman–Crippen MR) is 73.1 cm³/mol. The van der Waals surface area contributed by atoms with Crippen LogP contribution in [0.5, 0.6) is 11.6 Å². The molecular formula is C14H15ClN2O. The summed E-state index contributed by atoms with van der Waals surface area (Å²) in [4.78, 5) is 4.31. The molecule has 0 saturated heterocycles. The van der Waals surface area contributed by atoms with Crippen LogP contribution in [0.3, 0.4) is 0 Å². The van der Waals surface area contributed by atoms with E-state index in [-0.39, 0.29) is 0 Å². The highest BCUT2D eigenvalue weighted by atomic mass is 35.5. The number of ether oxygens (including phenoxy) is 1. The first-order valence-electron chi connectivity index (χ1n) is 5.70. The highest BCUT2D eigenvalue weighted by Crippen LogP contribution is 2.29. The Balaban J connectivity index is 2.33. The van der Waals surface area contributed by atoms with Crippen LogP contribution in [0.2, 0.25) is 5.02 Å². The van der Waals surface area contributed by atoms with Crippen molar-refractivity contribution in [2.45, 2.75) is 20.4 Å². The van der Waals surface area contributed by atoms with Gasteiger partial charge < -0.3 is 10.5 Å². The van der Waals surface area contributed by atoms with E-state index in [4.69, 9.17) is 22.1 Å². The van der Waals surface area contributed by atoms with Gasteiger partial charge in [0.2, 0.25) is 5.88 Å². The number of aromatic nitrogens is 1. The van der Waals surface area contributed by atoms with Crippen molar-refractivity contribution in [3.63, 3.8) is 0 Å². The molecule has 2 N–H and O–H groups in total. The molecule has 0 radical (unpaired) electrons. The molecule has 0 bridgehead atoms. The Morgan fingerprint density at radius 3 is 2.72 bits per heavy atom. The van der Waals surface area contributed by atoms with Crippen LogP contribution in [0.25, 0.3) is 0 Å². The summed E-state index contributed by atoms with van der Waals surface area (Å²) in [6.45, 7) is 4.35. The summed E-state index contributed by atoms with van der Waals surface area (Å²) >= 11 is 6.08. The van der Waals surface area contributed by atoms with Gasteiger partial charge in [0, 0.05) is 18.3 Å². The third-order valence-electron chi connectivity index (χ3n) is 2.53. The monoisotopic (exact) mass is 262 g/mol. The van der Waals surface area contributed by atoms with Crippen molar-refractivity contribution in [3.05, 3.63) is 52.2 Å². The summed E-state index contributed by atoms with van der Waals surface area (Å²) in [5.41, 5.74) is 8.57. The second-order valence-electron chi connectivity index (χ2n) is 4.20. The molecule has 18 heavy (non-hydrogen) atoms. The Labute approximate surface area is 112 Å². The van der Waals surface area contributed by atoms with Crippen LogP contribution < -0.4 is 10.5 Å². The maximum Gasteiger partial charge on any atom is 0.219 e. The van der Waals surface area contributed by atoms with E-state index in [2.05, 4.69) is 4.98 Å². The van der Waals surface area contributed by atoms with E-state index in [9.17, 15) is 0 Å². The lowest BCUT2D eigenvalue weighted by Crippen LogP contribution is -1.99. The van der Waals surface area contributed by atoms with Crippen molar-refractivity contribution in [2.75, 3.05) is 0 Å². The summed E-state index contributed by atoms with van der Waals surface area (Å²) in [5, 5.41) is 0.568. The normalized spacial score (nSPS) is 10.4. The Kier molecular flexibility index (Phi) is 3.84. The third kappa shape index (κ3) is 3.00. The first-order chi connectivity index (χ1) is 8.58. The lowest BCUT2D eigenvalue weighted by Gasteiger charge is -2.09. The minimum absolute atomic E-state index is 0.460. The first-order valence-corrected chi connectivity index (χ1v) is 6.08. The van der Waals surface area contributed by atoms with E-state index in [0.717, 1.165) is 16.8 Å². The van der Waals surface area contributed by atoms with Gasteiger partial charge in [-0.05, 0) is 43.2 Å². The highest BCUT2D eigenvalue weighted by Gasteiger charge is 2.06. The molecule has 0 aliphatic carbocycles. The molecule has 3 nitrogen and oxygen atoms in total. The molecular weight excluding hydrogens is 248 g/mol. The first kappa shape index (κ1) is 12.9. The maximum atomic E-state index is 6.08. The van der Waals surface area contributed by atoms with Gasteiger partial charge in [-0.25, -0.2) is 4.98 Å². The molecule has 0 atom stereocenters. The molecule has 2 rings (SSSR count). The fourth-order valence-corrected chi connectivity index (χ4v) is 1.83. The standard InChI is InChI=1S/C14H15ClN2O/c1-9-3-4-12(15)13(5-9)18-14-7-11(8-16)6-10(2)17-14/h3-7H,8,16H2,1-2H3. The summed E-state index contributed by atoms with van der Waals surface area (Å²) in [6.07, 6.45) is 0. The third-order valence-corrected chi connectivity index (χ3v) is 2.84. The van der Waals surface area contributed by atoms with E-state index in [1.165, 1.54) is 0 Å². The Morgan fingerprint density at radius 2 is 2.00 bits per heavy atom. The zero-order valence-corrected chi connectivity index (χ0v) is 11.2. The lowest BCUT2D eigenvalue weighted by molar-refractivity contribution is 0.460. The molecule has 1 aromatic heterocycles. The second kappa shape index (κ2) is 5.38. The van der Waals surface area contributed by atoms with Crippen molar-refractivity contribution in [2.24, 2.45) is 5.73 Å². The van der Waals surface area contributed by atoms with Gasteiger partial charge in [-0.1, -0.05) is 17.7 Å². The van der Waals surface area contributed by atoms with Gasteiger partial charge in [0.1, 0.15) is 5.75 Å². The average molecular weight is 263 g/mol. The van der Waals surface area contributed by atoms with Crippen molar-refractivity contribution >= 4 is 11.6 Å². The van der Waals surface area contributed by atoms with Crippen molar-refractivity contribution < 1.29 is 4.74 Å². The van der Waals surface area contributed by atoms with Crippen LogP contribution in [0, 0.1) is 13.8 Å². The number of pyridine rings is 1. The predicted octanol–water partition coefficient (Wildman–Crippen LogP) is 3.60. The van der Waals surface area contributed by atoms with Crippen LogP contribution in [-0.2, 0) is 6.54 Å². The van der Waals surface area contributed by atoms with Gasteiger partial charge in [0.15, 0.2) is 0 Å². The van der Waals surface area contributed by atoms with Gasteiger partial charge in [-0.3, -0.25) is 0 Å². The van der Waals surface area contributed by atoms with Gasteiger partial charge in [-0.2, -0.15) is 0 Å². The van der Waals surface area contributed by atoms with E-state index < -0.39 is 0 Å². The quantitative estimate of drug-likeness (QED) is 0.919. The number of hydrogen-bond donors (Lipinski definition) is 1. The minimum atomic E-state index is 0.460. The molecule has 1 heterocycles. The number of aryl methyl sites for hydroxylation is 2. The van der Waals surface area contributed by atoms with Crippen LogP contribution in [-0.4, -0.2) is 4.98 Å². The van der Waals surface area contributed by atoms with E-state index in [0.29, 0.717) is 23.2 Å². The molecule has 0 unspecified atom stereocenters. The number of hydrogen-bond acceptors (Lipinski definition) is 3. The molecule has 2 aromatic rings. The maximum absolute atomic E-state index is 6.08. The fourth-order valence-electron chi connectivity index (χ4n) is 1.68. The van der Waals surface area contributed by atoms with Crippen LogP contribution in [0.15, 0.2) is 30.3 Å². The summed E-state index contributed by atoms with van der Waals surface area (Å²) in [6, 6.07) is 9.39. The molecule has 0 aliphatic rings. The molecule has 1 aromatic carbocycles. The number of halogens is 1. The van der Waals surface area contributed by atoms with E-state index in [1.807, 2.05) is 44.2 Å². The van der Waals surface area contributed by atoms with Crippen molar-refractivity contribution in [1.29, 1.82) is 0 Å². The molecule has 0 amide bonds. The fraction of sp³-hybridized carbons (Fsp3) is 0.214. The summed E-state index contributed by atoms with van der Waals surface area (Å²) in [5.74, 6) is 1.13.